The fraction of sp³-hybridized carbons (Fsp3) is 0.667. The van der Waals surface area contributed by atoms with Crippen LogP contribution in [0, 0.1) is 59.2 Å². The molecule has 1 N–H and O–H groups in total. The van der Waals surface area contributed by atoms with Gasteiger partial charge in [0.25, 0.3) is 5.91 Å². The summed E-state index contributed by atoms with van der Waals surface area (Å²) in [5.74, 6) is 10.3. The van der Waals surface area contributed by atoms with E-state index in [0.717, 1.165) is 64.7 Å². The molecule has 0 spiro atoms. The first-order valence-electron chi connectivity index (χ1n) is 9.69. The number of benzene rings is 1. The van der Waals surface area contributed by atoms with E-state index in [2.05, 4.69) is 5.32 Å². The molecule has 11 unspecified atom stereocenters. The summed E-state index contributed by atoms with van der Waals surface area (Å²) in [6.07, 6.45) is 4.39. The molecule has 0 heterocycles. The molecule has 7 saturated carbocycles. The highest BCUT2D eigenvalue weighted by atomic mass is 16.1. The molecule has 0 radical (unpaired) electrons. The van der Waals surface area contributed by atoms with Crippen molar-refractivity contribution in [1.29, 1.82) is 0 Å². The van der Waals surface area contributed by atoms with Crippen molar-refractivity contribution < 1.29 is 4.79 Å². The minimum absolute atomic E-state index is 0.166. The van der Waals surface area contributed by atoms with Gasteiger partial charge in [0.05, 0.1) is 0 Å². The quantitative estimate of drug-likeness (QED) is 0.893. The standard InChI is InChI=1S/C21H23NO/c23-21(9-4-2-1-3-5-9)22-20-10-6-11-12(7-10)19(20)18-13-8-14-16(15(11)13)17(14)18/h1-5,10-20H,6-8H2,(H,22,23). The normalized spacial score (nSPS) is 58.5. The van der Waals surface area contributed by atoms with E-state index in [-0.39, 0.29) is 5.91 Å². The van der Waals surface area contributed by atoms with E-state index in [9.17, 15) is 4.79 Å². The molecule has 0 aliphatic heterocycles. The lowest BCUT2D eigenvalue weighted by molar-refractivity contribution is 0.0140. The van der Waals surface area contributed by atoms with E-state index in [4.69, 9.17) is 0 Å². The summed E-state index contributed by atoms with van der Waals surface area (Å²) in [4.78, 5) is 12.7. The van der Waals surface area contributed by atoms with Crippen LogP contribution in [-0.2, 0) is 0 Å². The lowest BCUT2D eigenvalue weighted by Gasteiger charge is -2.48. The van der Waals surface area contributed by atoms with Crippen molar-refractivity contribution in [3.63, 3.8) is 0 Å². The third kappa shape index (κ3) is 1.23. The molecule has 7 fully saturated rings. The first-order valence-corrected chi connectivity index (χ1v) is 9.69. The van der Waals surface area contributed by atoms with Crippen molar-refractivity contribution >= 4 is 5.91 Å². The van der Waals surface area contributed by atoms with Gasteiger partial charge in [0.15, 0.2) is 0 Å². The summed E-state index contributed by atoms with van der Waals surface area (Å²) in [5, 5.41) is 3.50. The Hall–Kier alpha value is -1.31. The monoisotopic (exact) mass is 305 g/mol. The van der Waals surface area contributed by atoms with Gasteiger partial charge in [-0.2, -0.15) is 0 Å². The minimum Gasteiger partial charge on any atom is -0.349 e. The topological polar surface area (TPSA) is 29.1 Å². The Morgan fingerprint density at radius 3 is 2.22 bits per heavy atom. The average Bonchev–Trinajstić information content (AvgIpc) is 3.08. The lowest BCUT2D eigenvalue weighted by atomic mass is 9.59. The molecular weight excluding hydrogens is 282 g/mol. The number of fused-ring (bicyclic) bond motifs is 1. The van der Waals surface area contributed by atoms with E-state index in [1.54, 1.807) is 6.42 Å². The number of hydrogen-bond acceptors (Lipinski definition) is 1. The van der Waals surface area contributed by atoms with Gasteiger partial charge >= 0.3 is 0 Å². The Labute approximate surface area is 137 Å². The first-order chi connectivity index (χ1) is 11.3. The third-order valence-electron chi connectivity index (χ3n) is 9.10. The molecule has 118 valence electrons. The van der Waals surface area contributed by atoms with Crippen molar-refractivity contribution in [2.75, 3.05) is 0 Å². The van der Waals surface area contributed by atoms with Crippen LogP contribution in [0.4, 0.5) is 0 Å². The van der Waals surface area contributed by atoms with E-state index in [1.165, 1.54) is 12.8 Å². The first kappa shape index (κ1) is 12.1. The van der Waals surface area contributed by atoms with Crippen LogP contribution < -0.4 is 5.32 Å². The van der Waals surface area contributed by atoms with Crippen LogP contribution in [0.5, 0.6) is 0 Å². The molecule has 1 aromatic rings. The van der Waals surface area contributed by atoms with Crippen LogP contribution in [0.2, 0.25) is 0 Å². The number of rotatable bonds is 2. The van der Waals surface area contributed by atoms with Crippen molar-refractivity contribution in [2.45, 2.75) is 25.3 Å². The van der Waals surface area contributed by atoms with Gasteiger partial charge in [0.2, 0.25) is 0 Å². The molecule has 0 saturated heterocycles. The Morgan fingerprint density at radius 2 is 1.43 bits per heavy atom. The maximum atomic E-state index is 12.7. The second-order valence-electron chi connectivity index (χ2n) is 9.37. The highest BCUT2D eigenvalue weighted by Crippen LogP contribution is 2.85. The lowest BCUT2D eigenvalue weighted by Crippen LogP contribution is -2.52. The van der Waals surface area contributed by atoms with Crippen molar-refractivity contribution in [1.82, 2.24) is 5.32 Å². The van der Waals surface area contributed by atoms with Crippen LogP contribution in [0.1, 0.15) is 29.6 Å². The zero-order valence-corrected chi connectivity index (χ0v) is 13.3. The van der Waals surface area contributed by atoms with Gasteiger partial charge < -0.3 is 5.32 Å². The van der Waals surface area contributed by atoms with Gasteiger partial charge in [-0.05, 0) is 90.6 Å². The molecule has 1 amide bonds. The summed E-state index contributed by atoms with van der Waals surface area (Å²) in [6.45, 7) is 0. The van der Waals surface area contributed by atoms with Crippen LogP contribution in [0.25, 0.3) is 0 Å². The summed E-state index contributed by atoms with van der Waals surface area (Å²) < 4.78 is 0. The van der Waals surface area contributed by atoms with E-state index >= 15 is 0 Å². The second kappa shape index (κ2) is 3.68. The maximum Gasteiger partial charge on any atom is 0.251 e. The van der Waals surface area contributed by atoms with E-state index in [0.29, 0.717) is 6.04 Å². The Balaban J connectivity index is 1.23. The third-order valence-corrected chi connectivity index (χ3v) is 9.10. The van der Waals surface area contributed by atoms with Gasteiger partial charge in [-0.25, -0.2) is 0 Å². The molecule has 11 atom stereocenters. The molecule has 23 heavy (non-hydrogen) atoms. The number of hydrogen-bond donors (Lipinski definition) is 1. The van der Waals surface area contributed by atoms with Crippen molar-refractivity contribution in [2.24, 2.45) is 59.2 Å². The molecule has 1 aromatic carbocycles. The fourth-order valence-corrected chi connectivity index (χ4v) is 8.89. The second-order valence-corrected chi connectivity index (χ2v) is 9.37. The smallest absolute Gasteiger partial charge is 0.251 e. The fourth-order valence-electron chi connectivity index (χ4n) is 8.89. The predicted octanol–water partition coefficient (Wildman–Crippen LogP) is 3.20. The summed E-state index contributed by atoms with van der Waals surface area (Å²) in [6, 6.07) is 10.3. The molecule has 2 heteroatoms. The molecule has 7 aliphatic carbocycles. The molecule has 0 aromatic heterocycles. The molecule has 7 aliphatic rings. The summed E-state index contributed by atoms with van der Waals surface area (Å²) in [5.41, 5.74) is 0.834. The highest BCUT2D eigenvalue weighted by Gasteiger charge is 2.81. The molecule has 8 rings (SSSR count). The maximum absolute atomic E-state index is 12.7. The zero-order valence-electron chi connectivity index (χ0n) is 13.3. The van der Waals surface area contributed by atoms with Gasteiger partial charge in [0.1, 0.15) is 0 Å². The minimum atomic E-state index is 0.166. The van der Waals surface area contributed by atoms with E-state index < -0.39 is 0 Å². The van der Waals surface area contributed by atoms with Gasteiger partial charge in [-0.1, -0.05) is 18.2 Å². The van der Waals surface area contributed by atoms with E-state index in [1.807, 2.05) is 30.3 Å². The Morgan fingerprint density at radius 1 is 0.783 bits per heavy atom. The SMILES string of the molecule is O=C(NC1C2CC3C(C2)C1C1C2CC4C(C32)C41)c1ccccc1. The van der Waals surface area contributed by atoms with Crippen LogP contribution in [0.15, 0.2) is 30.3 Å². The summed E-state index contributed by atoms with van der Waals surface area (Å²) in [7, 11) is 0. The van der Waals surface area contributed by atoms with Crippen LogP contribution >= 0.6 is 0 Å². The van der Waals surface area contributed by atoms with Gasteiger partial charge in [-0.3, -0.25) is 4.79 Å². The molecule has 2 nitrogen and oxygen atoms in total. The zero-order chi connectivity index (χ0) is 14.9. The van der Waals surface area contributed by atoms with Gasteiger partial charge in [0, 0.05) is 11.6 Å². The molecular formula is C21H23NO. The number of amides is 1. The predicted molar refractivity (Wildman–Crippen MR) is 86.4 cm³/mol. The average molecular weight is 305 g/mol. The summed E-state index contributed by atoms with van der Waals surface area (Å²) >= 11 is 0. The number of carbonyl (C=O) groups is 1. The van der Waals surface area contributed by atoms with Gasteiger partial charge in [-0.15, -0.1) is 0 Å². The number of nitrogens with one attached hydrogen (secondary N) is 1. The number of carbonyl (C=O) groups excluding carboxylic acids is 1. The van der Waals surface area contributed by atoms with Crippen LogP contribution in [0.3, 0.4) is 0 Å². The highest BCUT2D eigenvalue weighted by molar-refractivity contribution is 5.94. The molecule has 8 bridgehead atoms. The van der Waals surface area contributed by atoms with Crippen LogP contribution in [-0.4, -0.2) is 11.9 Å². The Bertz CT molecular complexity index is 714. The Kier molecular flexibility index (Phi) is 1.94. The van der Waals surface area contributed by atoms with Crippen molar-refractivity contribution in [3.05, 3.63) is 35.9 Å². The largest absolute Gasteiger partial charge is 0.349 e. The van der Waals surface area contributed by atoms with Crippen molar-refractivity contribution in [3.8, 4) is 0 Å².